The van der Waals surface area contributed by atoms with E-state index in [0.29, 0.717) is 0 Å². The number of aliphatic hydroxyl groups is 1. The third-order valence-electron chi connectivity index (χ3n) is 2.38. The van der Waals surface area contributed by atoms with Crippen molar-refractivity contribution in [2.45, 2.75) is 31.8 Å². The molecule has 1 heterocycles. The fraction of sp³-hybridized carbons (Fsp3) is 0.500. The average molecular weight is 201 g/mol. The van der Waals surface area contributed by atoms with E-state index in [1.54, 1.807) is 0 Å². The molecule has 4 heteroatoms. The summed E-state index contributed by atoms with van der Waals surface area (Å²) < 4.78 is 26.7. The number of hydrogen-bond acceptors (Lipinski definition) is 2. The van der Waals surface area contributed by atoms with E-state index < -0.39 is 17.9 Å². The molecule has 0 saturated carbocycles. The molecular weight excluding hydrogens is 188 g/mol. The largest absolute Gasteiger partial charge is 0.379 e. The second kappa shape index (κ2) is 3.61. The molecule has 0 aliphatic carbocycles. The molecule has 1 aromatic rings. The zero-order valence-electron chi connectivity index (χ0n) is 8.17. The monoisotopic (exact) mass is 201 g/mol. The molecule has 0 spiro atoms. The summed E-state index contributed by atoms with van der Waals surface area (Å²) in [7, 11) is 0. The predicted octanol–water partition coefficient (Wildman–Crippen LogP) is 2.33. The van der Waals surface area contributed by atoms with Gasteiger partial charge in [-0.2, -0.15) is 0 Å². The van der Waals surface area contributed by atoms with E-state index in [-0.39, 0.29) is 5.56 Å². The van der Waals surface area contributed by atoms with E-state index >= 15 is 0 Å². The van der Waals surface area contributed by atoms with Crippen molar-refractivity contribution in [3.63, 3.8) is 0 Å². The number of halogens is 2. The lowest BCUT2D eigenvalue weighted by Gasteiger charge is -2.31. The van der Waals surface area contributed by atoms with E-state index in [4.69, 9.17) is 0 Å². The van der Waals surface area contributed by atoms with Crippen LogP contribution in [0, 0.1) is 0 Å². The van der Waals surface area contributed by atoms with Crippen LogP contribution in [0.15, 0.2) is 24.5 Å². The molecule has 0 saturated heterocycles. The van der Waals surface area contributed by atoms with Crippen LogP contribution < -0.4 is 0 Å². The molecule has 0 aliphatic heterocycles. The molecule has 1 N–H and O–H groups in total. The Morgan fingerprint density at radius 3 is 2.57 bits per heavy atom. The van der Waals surface area contributed by atoms with Crippen LogP contribution in [0.5, 0.6) is 0 Å². The lowest BCUT2D eigenvalue weighted by atomic mass is 9.89. The van der Waals surface area contributed by atoms with Crippen molar-refractivity contribution in [3.8, 4) is 0 Å². The number of nitrogens with zero attached hydrogens (tertiary/aromatic N) is 1. The smallest absolute Gasteiger partial charge is 0.279 e. The zero-order chi connectivity index (χ0) is 10.8. The summed E-state index contributed by atoms with van der Waals surface area (Å²) >= 11 is 0. The van der Waals surface area contributed by atoms with Crippen molar-refractivity contribution in [2.24, 2.45) is 0 Å². The van der Waals surface area contributed by atoms with Crippen molar-refractivity contribution in [1.29, 1.82) is 0 Å². The van der Waals surface area contributed by atoms with Crippen molar-refractivity contribution < 1.29 is 13.9 Å². The fourth-order valence-electron chi connectivity index (χ4n) is 1.21. The molecule has 0 amide bonds. The lowest BCUT2D eigenvalue weighted by molar-refractivity contribution is -0.179. The molecular formula is C10H13F2NO. The lowest BCUT2D eigenvalue weighted by Crippen LogP contribution is -2.42. The summed E-state index contributed by atoms with van der Waals surface area (Å²) in [5, 5.41) is 9.72. The van der Waals surface area contributed by atoms with Gasteiger partial charge in [0.15, 0.2) is 5.60 Å². The Balaban J connectivity index is 3.08. The summed E-state index contributed by atoms with van der Waals surface area (Å²) in [5.41, 5.74) is -2.03. The Hall–Kier alpha value is -1.03. The first-order chi connectivity index (χ1) is 6.42. The van der Waals surface area contributed by atoms with Gasteiger partial charge in [-0.15, -0.1) is 0 Å². The van der Waals surface area contributed by atoms with Gasteiger partial charge in [-0.25, -0.2) is 8.78 Å². The van der Waals surface area contributed by atoms with Gasteiger partial charge in [0.2, 0.25) is 0 Å². The maximum absolute atomic E-state index is 13.3. The summed E-state index contributed by atoms with van der Waals surface area (Å²) in [6.45, 7) is 2.44. The van der Waals surface area contributed by atoms with Gasteiger partial charge in [-0.1, -0.05) is 13.0 Å². The standard InChI is InChI=1S/C10H13F2NO/c1-3-10(11,12)9(2,14)8-5-4-6-13-7-8/h4-7,14H,3H2,1-2H3. The first-order valence-electron chi connectivity index (χ1n) is 4.42. The summed E-state index contributed by atoms with van der Waals surface area (Å²) in [6, 6.07) is 2.96. The maximum atomic E-state index is 13.3. The topological polar surface area (TPSA) is 33.1 Å². The fourth-order valence-corrected chi connectivity index (χ4v) is 1.21. The van der Waals surface area contributed by atoms with E-state index in [0.717, 1.165) is 6.92 Å². The zero-order valence-corrected chi connectivity index (χ0v) is 8.17. The first kappa shape index (κ1) is 11.0. The summed E-state index contributed by atoms with van der Waals surface area (Å²) in [5.74, 6) is -3.14. The van der Waals surface area contributed by atoms with Crippen molar-refractivity contribution in [2.75, 3.05) is 0 Å². The molecule has 1 atom stereocenters. The normalized spacial score (nSPS) is 16.4. The van der Waals surface area contributed by atoms with E-state index in [2.05, 4.69) is 4.98 Å². The highest BCUT2D eigenvalue weighted by Gasteiger charge is 2.48. The molecule has 1 aromatic heterocycles. The Morgan fingerprint density at radius 2 is 2.14 bits per heavy atom. The molecule has 78 valence electrons. The highest BCUT2D eigenvalue weighted by Crippen LogP contribution is 2.39. The minimum atomic E-state index is -3.14. The molecule has 0 aliphatic rings. The van der Waals surface area contributed by atoms with Crippen LogP contribution in [0.1, 0.15) is 25.8 Å². The van der Waals surface area contributed by atoms with Crippen LogP contribution in [0.4, 0.5) is 8.78 Å². The van der Waals surface area contributed by atoms with E-state index in [1.807, 2.05) is 0 Å². The number of alkyl halides is 2. The van der Waals surface area contributed by atoms with Gasteiger partial charge in [0.1, 0.15) is 0 Å². The van der Waals surface area contributed by atoms with Crippen LogP contribution in [0.25, 0.3) is 0 Å². The Morgan fingerprint density at radius 1 is 1.50 bits per heavy atom. The quantitative estimate of drug-likeness (QED) is 0.814. The summed E-state index contributed by atoms with van der Waals surface area (Å²) in [4.78, 5) is 3.71. The molecule has 1 rings (SSSR count). The van der Waals surface area contributed by atoms with Gasteiger partial charge >= 0.3 is 0 Å². The third-order valence-corrected chi connectivity index (χ3v) is 2.38. The maximum Gasteiger partial charge on any atom is 0.279 e. The van der Waals surface area contributed by atoms with Crippen LogP contribution in [-0.4, -0.2) is 16.0 Å². The molecule has 1 unspecified atom stereocenters. The van der Waals surface area contributed by atoms with E-state index in [1.165, 1.54) is 31.5 Å². The summed E-state index contributed by atoms with van der Waals surface area (Å²) in [6.07, 6.45) is 2.32. The van der Waals surface area contributed by atoms with Crippen molar-refractivity contribution in [1.82, 2.24) is 4.98 Å². The number of pyridine rings is 1. The highest BCUT2D eigenvalue weighted by molar-refractivity contribution is 5.20. The SMILES string of the molecule is CCC(F)(F)C(C)(O)c1cccnc1. The third kappa shape index (κ3) is 1.75. The van der Waals surface area contributed by atoms with Crippen molar-refractivity contribution >= 4 is 0 Å². The Labute approximate surface area is 81.6 Å². The minimum absolute atomic E-state index is 0.131. The van der Waals surface area contributed by atoms with Gasteiger partial charge in [0.25, 0.3) is 5.92 Å². The molecule has 2 nitrogen and oxygen atoms in total. The van der Waals surface area contributed by atoms with Crippen LogP contribution in [0.3, 0.4) is 0 Å². The second-order valence-corrected chi connectivity index (χ2v) is 3.37. The molecule has 0 aromatic carbocycles. The molecule has 0 fully saturated rings. The average Bonchev–Trinajstić information content (AvgIpc) is 2.19. The predicted molar refractivity (Wildman–Crippen MR) is 49.0 cm³/mol. The number of rotatable bonds is 3. The molecule has 14 heavy (non-hydrogen) atoms. The van der Waals surface area contributed by atoms with E-state index in [9.17, 15) is 13.9 Å². The van der Waals surface area contributed by atoms with Crippen LogP contribution >= 0.6 is 0 Å². The Bertz CT molecular complexity index is 298. The van der Waals surface area contributed by atoms with Gasteiger partial charge in [-0.3, -0.25) is 4.98 Å². The van der Waals surface area contributed by atoms with Crippen LogP contribution in [0.2, 0.25) is 0 Å². The minimum Gasteiger partial charge on any atom is -0.379 e. The first-order valence-corrected chi connectivity index (χ1v) is 4.42. The van der Waals surface area contributed by atoms with Gasteiger partial charge in [0.05, 0.1) is 0 Å². The Kier molecular flexibility index (Phi) is 2.85. The second-order valence-electron chi connectivity index (χ2n) is 3.37. The molecule has 0 radical (unpaired) electrons. The number of hydrogen-bond donors (Lipinski definition) is 1. The molecule has 0 bridgehead atoms. The van der Waals surface area contributed by atoms with Gasteiger partial charge in [-0.05, 0) is 13.0 Å². The number of aromatic nitrogens is 1. The van der Waals surface area contributed by atoms with Gasteiger partial charge in [0, 0.05) is 24.4 Å². The van der Waals surface area contributed by atoms with Crippen LogP contribution in [-0.2, 0) is 5.60 Å². The van der Waals surface area contributed by atoms with Gasteiger partial charge < -0.3 is 5.11 Å². The van der Waals surface area contributed by atoms with Crippen molar-refractivity contribution in [3.05, 3.63) is 30.1 Å². The highest BCUT2D eigenvalue weighted by atomic mass is 19.3.